The smallest absolute Gasteiger partial charge is 0.341 e. The van der Waals surface area contributed by atoms with Crippen molar-refractivity contribution in [1.29, 1.82) is 0 Å². The zero-order chi connectivity index (χ0) is 20.8. The quantitative estimate of drug-likeness (QED) is 0.601. The Labute approximate surface area is 167 Å². The molecule has 0 spiro atoms. The predicted octanol–water partition coefficient (Wildman–Crippen LogP) is 3.30. The Kier molecular flexibility index (Phi) is 6.13. The zero-order valence-electron chi connectivity index (χ0n) is 15.9. The van der Waals surface area contributed by atoms with Crippen molar-refractivity contribution in [3.05, 3.63) is 65.9 Å². The van der Waals surface area contributed by atoms with Crippen molar-refractivity contribution >= 4 is 11.9 Å². The fourth-order valence-corrected chi connectivity index (χ4v) is 2.77. The minimum atomic E-state index is -1.20. The lowest BCUT2D eigenvalue weighted by Crippen LogP contribution is -2.31. The molecule has 0 aliphatic rings. The summed E-state index contributed by atoms with van der Waals surface area (Å²) in [6.45, 7) is 1.40. The molecule has 0 unspecified atom stereocenters. The molecule has 0 saturated carbocycles. The number of methoxy groups -OCH3 is 1. The maximum atomic E-state index is 12.2. The number of carbonyl (C=O) groups is 2. The van der Waals surface area contributed by atoms with Gasteiger partial charge in [-0.3, -0.25) is 4.79 Å². The van der Waals surface area contributed by atoms with E-state index < -0.39 is 17.9 Å². The van der Waals surface area contributed by atoms with Crippen LogP contribution in [0.15, 0.2) is 59.1 Å². The van der Waals surface area contributed by atoms with Crippen LogP contribution in [0.3, 0.4) is 0 Å². The average Bonchev–Trinajstić information content (AvgIpc) is 3.19. The van der Waals surface area contributed by atoms with Gasteiger partial charge >= 0.3 is 5.97 Å². The number of aromatic carboxylic acids is 1. The van der Waals surface area contributed by atoms with Gasteiger partial charge in [-0.2, -0.15) is 0 Å². The first-order valence-corrected chi connectivity index (χ1v) is 8.84. The predicted molar refractivity (Wildman–Crippen MR) is 104 cm³/mol. The normalized spacial score (nSPS) is 11.5. The second kappa shape index (κ2) is 8.92. The summed E-state index contributed by atoms with van der Waals surface area (Å²) >= 11 is 0. The second-order valence-electron chi connectivity index (χ2n) is 6.20. The highest BCUT2D eigenvalue weighted by molar-refractivity contribution is 5.96. The third kappa shape index (κ3) is 4.73. The molecule has 0 radical (unpaired) electrons. The monoisotopic (exact) mass is 396 g/mol. The van der Waals surface area contributed by atoms with Crippen molar-refractivity contribution in [2.45, 2.75) is 13.0 Å². The molecule has 1 amide bonds. The summed E-state index contributed by atoms with van der Waals surface area (Å²) in [7, 11) is 1.54. The molecule has 2 N–H and O–H groups in total. The Morgan fingerprint density at radius 1 is 1.10 bits per heavy atom. The highest BCUT2D eigenvalue weighted by Crippen LogP contribution is 2.30. The topological polar surface area (TPSA) is 111 Å². The number of carboxylic acids is 1. The number of rotatable bonds is 8. The molecular weight excluding hydrogens is 376 g/mol. The van der Waals surface area contributed by atoms with Gasteiger partial charge in [0.05, 0.1) is 13.2 Å². The van der Waals surface area contributed by atoms with Gasteiger partial charge in [0.15, 0.2) is 12.4 Å². The van der Waals surface area contributed by atoms with Crippen LogP contribution in [0.25, 0.3) is 11.3 Å². The minimum absolute atomic E-state index is 0.0522. The number of benzene rings is 2. The lowest BCUT2D eigenvalue weighted by Gasteiger charge is -2.12. The van der Waals surface area contributed by atoms with Crippen LogP contribution in [0.2, 0.25) is 0 Å². The van der Waals surface area contributed by atoms with Crippen molar-refractivity contribution in [1.82, 2.24) is 10.5 Å². The van der Waals surface area contributed by atoms with Crippen molar-refractivity contribution < 1.29 is 28.7 Å². The molecule has 3 aromatic rings. The standard InChI is InChI=1S/C21H20N2O6/c1-13(22-17(24)12-28-16-6-4-3-5-7-16)20-18(21(25)26)19(23-29-20)14-8-10-15(27-2)11-9-14/h3-11,13H,12H2,1-2H3,(H,22,24)(H,25,26)/t13-/m1/s1. The third-order valence-electron chi connectivity index (χ3n) is 4.18. The Morgan fingerprint density at radius 3 is 2.41 bits per heavy atom. The van der Waals surface area contributed by atoms with Crippen molar-refractivity contribution in [2.24, 2.45) is 0 Å². The second-order valence-corrected chi connectivity index (χ2v) is 6.20. The van der Waals surface area contributed by atoms with Crippen molar-refractivity contribution in [2.75, 3.05) is 13.7 Å². The SMILES string of the molecule is COc1ccc(-c2noc([C@@H](C)NC(=O)COc3ccccc3)c2C(=O)O)cc1. The van der Waals surface area contributed by atoms with Crippen LogP contribution in [0.4, 0.5) is 0 Å². The van der Waals surface area contributed by atoms with E-state index in [4.69, 9.17) is 14.0 Å². The third-order valence-corrected chi connectivity index (χ3v) is 4.18. The lowest BCUT2D eigenvalue weighted by atomic mass is 10.0. The Morgan fingerprint density at radius 2 is 1.79 bits per heavy atom. The maximum Gasteiger partial charge on any atom is 0.341 e. The van der Waals surface area contributed by atoms with E-state index in [0.29, 0.717) is 17.1 Å². The first kappa shape index (κ1) is 19.9. The van der Waals surface area contributed by atoms with Gasteiger partial charge in [-0.15, -0.1) is 0 Å². The molecule has 3 rings (SSSR count). The fraction of sp³-hybridized carbons (Fsp3) is 0.190. The molecule has 8 nitrogen and oxygen atoms in total. The molecular formula is C21H20N2O6. The highest BCUT2D eigenvalue weighted by Gasteiger charge is 2.28. The number of ether oxygens (including phenoxy) is 2. The van der Waals surface area contributed by atoms with Crippen LogP contribution in [0, 0.1) is 0 Å². The largest absolute Gasteiger partial charge is 0.497 e. The van der Waals surface area contributed by atoms with Gasteiger partial charge in [0.1, 0.15) is 22.8 Å². The maximum absolute atomic E-state index is 12.2. The van der Waals surface area contributed by atoms with E-state index >= 15 is 0 Å². The van der Waals surface area contributed by atoms with Crippen LogP contribution in [-0.4, -0.2) is 35.9 Å². The molecule has 2 aromatic carbocycles. The molecule has 0 aliphatic carbocycles. The Bertz CT molecular complexity index is 982. The summed E-state index contributed by atoms with van der Waals surface area (Å²) in [4.78, 5) is 24.0. The molecule has 150 valence electrons. The molecule has 1 aromatic heterocycles. The first-order valence-electron chi connectivity index (χ1n) is 8.84. The van der Waals surface area contributed by atoms with Gasteiger partial charge in [0, 0.05) is 5.56 Å². The van der Waals surface area contributed by atoms with Crippen LogP contribution < -0.4 is 14.8 Å². The van der Waals surface area contributed by atoms with E-state index in [1.165, 1.54) is 7.11 Å². The van der Waals surface area contributed by atoms with Crippen LogP contribution in [-0.2, 0) is 4.79 Å². The molecule has 0 aliphatic heterocycles. The van der Waals surface area contributed by atoms with E-state index in [1.807, 2.05) is 6.07 Å². The first-order chi connectivity index (χ1) is 14.0. The van der Waals surface area contributed by atoms with Gasteiger partial charge in [-0.1, -0.05) is 23.4 Å². The van der Waals surface area contributed by atoms with Gasteiger partial charge in [0.25, 0.3) is 5.91 Å². The van der Waals surface area contributed by atoms with E-state index in [2.05, 4.69) is 10.5 Å². The Hall–Kier alpha value is -3.81. The summed E-state index contributed by atoms with van der Waals surface area (Å²) in [5.74, 6) is -0.374. The summed E-state index contributed by atoms with van der Waals surface area (Å²) in [6.07, 6.45) is 0. The van der Waals surface area contributed by atoms with E-state index in [9.17, 15) is 14.7 Å². The number of carboxylic acid groups (broad SMARTS) is 1. The lowest BCUT2D eigenvalue weighted by molar-refractivity contribution is -0.123. The Balaban J connectivity index is 1.74. The molecule has 0 saturated heterocycles. The number of nitrogens with one attached hydrogen (secondary N) is 1. The minimum Gasteiger partial charge on any atom is -0.497 e. The average molecular weight is 396 g/mol. The molecule has 8 heteroatoms. The van der Waals surface area contributed by atoms with E-state index in [0.717, 1.165) is 0 Å². The van der Waals surface area contributed by atoms with E-state index in [1.54, 1.807) is 55.5 Å². The number of carbonyl (C=O) groups excluding carboxylic acids is 1. The van der Waals surface area contributed by atoms with Gasteiger partial charge < -0.3 is 24.4 Å². The number of aromatic nitrogens is 1. The molecule has 29 heavy (non-hydrogen) atoms. The number of para-hydroxylation sites is 1. The summed E-state index contributed by atoms with van der Waals surface area (Å²) in [6, 6.07) is 14.9. The van der Waals surface area contributed by atoms with Crippen LogP contribution >= 0.6 is 0 Å². The fourth-order valence-electron chi connectivity index (χ4n) is 2.77. The molecule has 1 heterocycles. The number of nitrogens with zero attached hydrogens (tertiary/aromatic N) is 1. The summed E-state index contributed by atoms with van der Waals surface area (Å²) in [5.41, 5.74) is 0.632. The van der Waals surface area contributed by atoms with Gasteiger partial charge in [-0.05, 0) is 43.3 Å². The van der Waals surface area contributed by atoms with E-state index in [-0.39, 0.29) is 23.6 Å². The van der Waals surface area contributed by atoms with Crippen molar-refractivity contribution in [3.63, 3.8) is 0 Å². The number of amides is 1. The molecule has 0 fully saturated rings. The summed E-state index contributed by atoms with van der Waals surface area (Å²) in [5, 5.41) is 16.2. The molecule has 1 atom stereocenters. The van der Waals surface area contributed by atoms with Crippen molar-refractivity contribution in [3.8, 4) is 22.8 Å². The number of hydrogen-bond donors (Lipinski definition) is 2. The zero-order valence-corrected chi connectivity index (χ0v) is 15.9. The van der Waals surface area contributed by atoms with Crippen LogP contribution in [0.5, 0.6) is 11.5 Å². The summed E-state index contributed by atoms with van der Waals surface area (Å²) < 4.78 is 15.8. The van der Waals surface area contributed by atoms with Gasteiger partial charge in [-0.25, -0.2) is 4.79 Å². The molecule has 0 bridgehead atoms. The highest BCUT2D eigenvalue weighted by atomic mass is 16.5. The van der Waals surface area contributed by atoms with Crippen LogP contribution in [0.1, 0.15) is 29.1 Å². The van der Waals surface area contributed by atoms with Gasteiger partial charge in [0.2, 0.25) is 0 Å². The number of hydrogen-bond acceptors (Lipinski definition) is 6.